The van der Waals surface area contributed by atoms with E-state index in [2.05, 4.69) is 24.4 Å². The lowest BCUT2D eigenvalue weighted by molar-refractivity contribution is -0.117. The van der Waals surface area contributed by atoms with E-state index in [-0.39, 0.29) is 11.9 Å². The highest BCUT2D eigenvalue weighted by atomic mass is 16.3. The number of benzene rings is 1. The number of fused-ring (bicyclic) bond motifs is 1. The van der Waals surface area contributed by atoms with E-state index in [0.717, 1.165) is 34.7 Å². The third-order valence-corrected chi connectivity index (χ3v) is 4.09. The first-order valence-corrected chi connectivity index (χ1v) is 7.28. The van der Waals surface area contributed by atoms with Gasteiger partial charge in [0.1, 0.15) is 5.76 Å². The predicted molar refractivity (Wildman–Crippen MR) is 82.5 cm³/mol. The number of nitrogens with zero attached hydrogens (tertiary/aromatic N) is 1. The molecule has 110 valence electrons. The van der Waals surface area contributed by atoms with Crippen LogP contribution in [0.2, 0.25) is 0 Å². The second-order valence-corrected chi connectivity index (χ2v) is 5.48. The first kappa shape index (κ1) is 13.9. The maximum absolute atomic E-state index is 11.8. The number of nitrogens with one attached hydrogen (secondary N) is 1. The van der Waals surface area contributed by atoms with Gasteiger partial charge in [-0.25, -0.2) is 0 Å². The van der Waals surface area contributed by atoms with Crippen LogP contribution >= 0.6 is 0 Å². The highest BCUT2D eigenvalue weighted by Crippen LogP contribution is 2.33. The van der Waals surface area contributed by atoms with Crippen molar-refractivity contribution in [2.45, 2.75) is 26.3 Å². The molecular weight excluding hydrogens is 264 g/mol. The van der Waals surface area contributed by atoms with Crippen molar-refractivity contribution in [3.63, 3.8) is 0 Å². The van der Waals surface area contributed by atoms with Crippen LogP contribution < -0.4 is 10.2 Å². The summed E-state index contributed by atoms with van der Waals surface area (Å²) < 4.78 is 5.66. The van der Waals surface area contributed by atoms with Gasteiger partial charge in [0.05, 0.1) is 18.7 Å². The van der Waals surface area contributed by atoms with Crippen molar-refractivity contribution in [2.75, 3.05) is 18.5 Å². The lowest BCUT2D eigenvalue weighted by Gasteiger charge is -2.18. The minimum atomic E-state index is 0.0244. The summed E-state index contributed by atoms with van der Waals surface area (Å²) in [7, 11) is 1.83. The van der Waals surface area contributed by atoms with Crippen LogP contribution in [0.4, 0.5) is 5.69 Å². The van der Waals surface area contributed by atoms with Crippen LogP contribution in [-0.4, -0.2) is 19.5 Å². The molecule has 1 N–H and O–H groups in total. The molecule has 3 rings (SSSR count). The molecule has 4 heteroatoms. The molecule has 0 radical (unpaired) electrons. The molecule has 4 nitrogen and oxygen atoms in total. The first-order valence-electron chi connectivity index (χ1n) is 7.28. The lowest BCUT2D eigenvalue weighted by Crippen LogP contribution is -2.22. The Labute approximate surface area is 124 Å². The summed E-state index contributed by atoms with van der Waals surface area (Å²) in [6, 6.07) is 8.22. The van der Waals surface area contributed by atoms with Gasteiger partial charge in [-0.15, -0.1) is 0 Å². The second kappa shape index (κ2) is 5.37. The fraction of sp³-hybridized carbons (Fsp3) is 0.353. The van der Waals surface area contributed by atoms with Crippen molar-refractivity contribution in [3.8, 4) is 0 Å². The lowest BCUT2D eigenvalue weighted by atomic mass is 9.99. The third-order valence-electron chi connectivity index (χ3n) is 4.09. The highest BCUT2D eigenvalue weighted by Gasteiger charge is 2.26. The zero-order chi connectivity index (χ0) is 15.0. The summed E-state index contributed by atoms with van der Waals surface area (Å²) in [4.78, 5) is 13.5. The van der Waals surface area contributed by atoms with Crippen molar-refractivity contribution >= 4 is 11.6 Å². The summed E-state index contributed by atoms with van der Waals surface area (Å²) >= 11 is 0. The molecule has 1 aromatic heterocycles. The molecule has 1 unspecified atom stereocenters. The average Bonchev–Trinajstić information content (AvgIpc) is 3.01. The zero-order valence-corrected chi connectivity index (χ0v) is 12.6. The van der Waals surface area contributed by atoms with E-state index in [4.69, 9.17) is 4.42 Å². The standard InChI is InChI=1S/C17H20N2O2/c1-4-18-16(17-11(2)7-8-21-17)12-5-6-14-13(9-12)10-15(20)19(14)3/h5-9,16,18H,4,10H2,1-3H3. The van der Waals surface area contributed by atoms with Crippen LogP contribution in [0.25, 0.3) is 0 Å². The summed E-state index contributed by atoms with van der Waals surface area (Å²) in [5.41, 5.74) is 4.37. The Morgan fingerprint density at radius 1 is 1.38 bits per heavy atom. The molecule has 2 heterocycles. The number of amides is 1. The fourth-order valence-corrected chi connectivity index (χ4v) is 2.92. The van der Waals surface area contributed by atoms with Gasteiger partial charge in [-0.1, -0.05) is 19.1 Å². The average molecular weight is 284 g/mol. The summed E-state index contributed by atoms with van der Waals surface area (Å²) in [6.45, 7) is 4.98. The smallest absolute Gasteiger partial charge is 0.231 e. The summed E-state index contributed by atoms with van der Waals surface area (Å²) in [5, 5.41) is 3.46. The van der Waals surface area contributed by atoms with Crippen LogP contribution in [0.15, 0.2) is 34.9 Å². The number of rotatable bonds is 4. The molecule has 21 heavy (non-hydrogen) atoms. The number of carbonyl (C=O) groups is 1. The molecule has 0 spiro atoms. The molecule has 0 aliphatic carbocycles. The van der Waals surface area contributed by atoms with E-state index in [0.29, 0.717) is 6.42 Å². The molecular formula is C17H20N2O2. The molecule has 0 saturated carbocycles. The van der Waals surface area contributed by atoms with Gasteiger partial charge in [0, 0.05) is 12.7 Å². The SMILES string of the molecule is CCNC(c1ccc2c(c1)CC(=O)N2C)c1occc1C. The van der Waals surface area contributed by atoms with Crippen LogP contribution in [0.3, 0.4) is 0 Å². The van der Waals surface area contributed by atoms with Crippen molar-refractivity contribution in [2.24, 2.45) is 0 Å². The Kier molecular flexibility index (Phi) is 3.55. The van der Waals surface area contributed by atoms with Gasteiger partial charge in [-0.05, 0) is 42.3 Å². The molecule has 1 amide bonds. The quantitative estimate of drug-likeness (QED) is 0.939. The first-order chi connectivity index (χ1) is 10.1. The number of furan rings is 1. The number of likely N-dealkylation sites (N-methyl/N-ethyl adjacent to an activating group) is 1. The minimum Gasteiger partial charge on any atom is -0.467 e. The van der Waals surface area contributed by atoms with Gasteiger partial charge < -0.3 is 14.6 Å². The van der Waals surface area contributed by atoms with E-state index < -0.39 is 0 Å². The van der Waals surface area contributed by atoms with Gasteiger partial charge in [0.2, 0.25) is 5.91 Å². The molecule has 1 atom stereocenters. The highest BCUT2D eigenvalue weighted by molar-refractivity contribution is 6.00. The number of anilines is 1. The van der Waals surface area contributed by atoms with Gasteiger partial charge in [-0.3, -0.25) is 4.79 Å². The normalized spacial score (nSPS) is 15.4. The van der Waals surface area contributed by atoms with E-state index in [1.54, 1.807) is 11.2 Å². The second-order valence-electron chi connectivity index (χ2n) is 5.48. The van der Waals surface area contributed by atoms with Crippen LogP contribution in [0, 0.1) is 6.92 Å². The van der Waals surface area contributed by atoms with E-state index in [9.17, 15) is 4.79 Å². The summed E-state index contributed by atoms with van der Waals surface area (Å²) in [5.74, 6) is 1.09. The van der Waals surface area contributed by atoms with Gasteiger partial charge in [-0.2, -0.15) is 0 Å². The fourth-order valence-electron chi connectivity index (χ4n) is 2.92. The van der Waals surface area contributed by atoms with Crippen molar-refractivity contribution in [1.82, 2.24) is 5.32 Å². The van der Waals surface area contributed by atoms with Crippen molar-refractivity contribution in [3.05, 3.63) is 53.0 Å². The van der Waals surface area contributed by atoms with E-state index >= 15 is 0 Å². The number of aryl methyl sites for hydroxylation is 1. The molecule has 0 saturated heterocycles. The number of hydrogen-bond acceptors (Lipinski definition) is 3. The summed E-state index contributed by atoms with van der Waals surface area (Å²) in [6.07, 6.45) is 2.20. The Morgan fingerprint density at radius 2 is 2.19 bits per heavy atom. The number of carbonyl (C=O) groups excluding carboxylic acids is 1. The van der Waals surface area contributed by atoms with Gasteiger partial charge >= 0.3 is 0 Å². The Bertz CT molecular complexity index is 675. The van der Waals surface area contributed by atoms with E-state index in [1.165, 1.54) is 0 Å². The minimum absolute atomic E-state index is 0.0244. The predicted octanol–water partition coefficient (Wildman–Crippen LogP) is 2.81. The zero-order valence-electron chi connectivity index (χ0n) is 12.6. The monoisotopic (exact) mass is 284 g/mol. The molecule has 1 aliphatic rings. The Hall–Kier alpha value is -2.07. The number of hydrogen-bond donors (Lipinski definition) is 1. The van der Waals surface area contributed by atoms with Crippen molar-refractivity contribution < 1.29 is 9.21 Å². The molecule has 0 bridgehead atoms. The maximum Gasteiger partial charge on any atom is 0.231 e. The maximum atomic E-state index is 11.8. The topological polar surface area (TPSA) is 45.5 Å². The molecule has 2 aromatic rings. The third kappa shape index (κ3) is 2.36. The Balaban J connectivity index is 2.00. The van der Waals surface area contributed by atoms with Gasteiger partial charge in [0.25, 0.3) is 0 Å². The van der Waals surface area contributed by atoms with Crippen LogP contribution in [0.5, 0.6) is 0 Å². The molecule has 1 aliphatic heterocycles. The Morgan fingerprint density at radius 3 is 2.86 bits per heavy atom. The molecule has 1 aromatic carbocycles. The van der Waals surface area contributed by atoms with Gasteiger partial charge in [0.15, 0.2) is 0 Å². The van der Waals surface area contributed by atoms with Crippen LogP contribution in [0.1, 0.15) is 35.4 Å². The molecule has 0 fully saturated rings. The van der Waals surface area contributed by atoms with Crippen molar-refractivity contribution in [1.29, 1.82) is 0 Å². The largest absolute Gasteiger partial charge is 0.467 e. The van der Waals surface area contributed by atoms with E-state index in [1.807, 2.05) is 26.1 Å². The van der Waals surface area contributed by atoms with Crippen LogP contribution in [-0.2, 0) is 11.2 Å².